The summed E-state index contributed by atoms with van der Waals surface area (Å²) in [6, 6.07) is 6.94. The molecule has 1 heterocycles. The molecule has 0 saturated heterocycles. The lowest BCUT2D eigenvalue weighted by Crippen LogP contribution is -2.23. The molecule has 1 atom stereocenters. The van der Waals surface area contributed by atoms with Crippen LogP contribution in [0.4, 0.5) is 5.69 Å². The Balaban J connectivity index is 1.95. The normalized spacial score (nSPS) is 12.1. The fourth-order valence-electron chi connectivity index (χ4n) is 1.51. The quantitative estimate of drug-likeness (QED) is 0.716. The van der Waals surface area contributed by atoms with Gasteiger partial charge in [0, 0.05) is 12.2 Å². The molecule has 6 heteroatoms. The van der Waals surface area contributed by atoms with Gasteiger partial charge in [-0.05, 0) is 24.6 Å². The zero-order chi connectivity index (χ0) is 13.8. The predicted octanol–water partition coefficient (Wildman–Crippen LogP) is 1.21. The number of hydrogen-bond acceptors (Lipinski definition) is 5. The van der Waals surface area contributed by atoms with Gasteiger partial charge in [0.2, 0.25) is 5.89 Å². The maximum Gasteiger partial charge on any atom is 0.273 e. The van der Waals surface area contributed by atoms with Crippen molar-refractivity contribution < 1.29 is 9.21 Å². The number of nitrogens with one attached hydrogen (secondary N) is 1. The second-order valence-corrected chi connectivity index (χ2v) is 4.28. The van der Waals surface area contributed by atoms with E-state index in [9.17, 15) is 4.79 Å². The average molecular weight is 260 g/mol. The third-order valence-corrected chi connectivity index (χ3v) is 2.58. The molecule has 2 aromatic rings. The van der Waals surface area contributed by atoms with E-state index in [1.807, 2.05) is 12.1 Å². The van der Waals surface area contributed by atoms with Crippen LogP contribution in [0.3, 0.4) is 0 Å². The molecule has 19 heavy (non-hydrogen) atoms. The standard InChI is InChI=1S/C13H16N4O2/c1-8(14)13-17-11(7-19-13)12(18)16-6-9-2-4-10(15)5-3-9/h2-5,7-8H,6,14-15H2,1H3,(H,16,18). The van der Waals surface area contributed by atoms with Crippen molar-refractivity contribution >= 4 is 11.6 Å². The number of aromatic nitrogens is 1. The molecule has 0 spiro atoms. The molecular weight excluding hydrogens is 244 g/mol. The Morgan fingerprint density at radius 2 is 2.11 bits per heavy atom. The number of benzene rings is 1. The van der Waals surface area contributed by atoms with Crippen molar-refractivity contribution in [2.45, 2.75) is 19.5 Å². The summed E-state index contributed by atoms with van der Waals surface area (Å²) in [6.45, 7) is 2.14. The van der Waals surface area contributed by atoms with Gasteiger partial charge in [0.25, 0.3) is 5.91 Å². The number of nitrogens with two attached hydrogens (primary N) is 2. The molecule has 1 amide bonds. The van der Waals surface area contributed by atoms with Crippen LogP contribution >= 0.6 is 0 Å². The van der Waals surface area contributed by atoms with Crippen LogP contribution in [0, 0.1) is 0 Å². The maximum atomic E-state index is 11.8. The molecule has 0 bridgehead atoms. The smallest absolute Gasteiger partial charge is 0.273 e. The number of carbonyl (C=O) groups is 1. The monoisotopic (exact) mass is 260 g/mol. The number of oxazole rings is 1. The molecule has 1 unspecified atom stereocenters. The Kier molecular flexibility index (Phi) is 3.82. The number of anilines is 1. The maximum absolute atomic E-state index is 11.8. The number of rotatable bonds is 4. The van der Waals surface area contributed by atoms with E-state index in [1.165, 1.54) is 6.26 Å². The average Bonchev–Trinajstić information content (AvgIpc) is 2.87. The minimum Gasteiger partial charge on any atom is -0.446 e. The van der Waals surface area contributed by atoms with Crippen molar-refractivity contribution in [3.63, 3.8) is 0 Å². The molecule has 2 rings (SSSR count). The lowest BCUT2D eigenvalue weighted by molar-refractivity contribution is 0.0946. The number of nitrogens with zero attached hydrogens (tertiary/aromatic N) is 1. The molecule has 0 aliphatic rings. The highest BCUT2D eigenvalue weighted by atomic mass is 16.3. The van der Waals surface area contributed by atoms with Crippen LogP contribution in [-0.4, -0.2) is 10.9 Å². The van der Waals surface area contributed by atoms with E-state index in [0.29, 0.717) is 18.1 Å². The zero-order valence-corrected chi connectivity index (χ0v) is 10.6. The summed E-state index contributed by atoms with van der Waals surface area (Å²) >= 11 is 0. The Morgan fingerprint density at radius 3 is 2.68 bits per heavy atom. The van der Waals surface area contributed by atoms with E-state index in [4.69, 9.17) is 15.9 Å². The van der Waals surface area contributed by atoms with Gasteiger partial charge >= 0.3 is 0 Å². The van der Waals surface area contributed by atoms with Gasteiger partial charge in [0.05, 0.1) is 6.04 Å². The van der Waals surface area contributed by atoms with Crippen LogP contribution in [-0.2, 0) is 6.54 Å². The van der Waals surface area contributed by atoms with E-state index in [2.05, 4.69) is 10.3 Å². The Bertz CT molecular complexity index is 560. The van der Waals surface area contributed by atoms with E-state index in [-0.39, 0.29) is 17.6 Å². The molecule has 1 aromatic heterocycles. The summed E-state index contributed by atoms with van der Waals surface area (Å²) in [4.78, 5) is 15.8. The first-order valence-corrected chi connectivity index (χ1v) is 5.90. The number of carbonyl (C=O) groups excluding carboxylic acids is 1. The van der Waals surface area contributed by atoms with Crippen molar-refractivity contribution in [1.29, 1.82) is 0 Å². The summed E-state index contributed by atoms with van der Waals surface area (Å²) in [7, 11) is 0. The fraction of sp³-hybridized carbons (Fsp3) is 0.231. The summed E-state index contributed by atoms with van der Waals surface area (Å²) in [6.07, 6.45) is 1.30. The van der Waals surface area contributed by atoms with Gasteiger partial charge in [-0.2, -0.15) is 0 Å². The molecule has 100 valence electrons. The largest absolute Gasteiger partial charge is 0.446 e. The third kappa shape index (κ3) is 3.32. The highest BCUT2D eigenvalue weighted by Crippen LogP contribution is 2.09. The minimum absolute atomic E-state index is 0.225. The fourth-order valence-corrected chi connectivity index (χ4v) is 1.51. The Hall–Kier alpha value is -2.34. The van der Waals surface area contributed by atoms with Gasteiger partial charge in [-0.3, -0.25) is 4.79 Å². The molecule has 1 aromatic carbocycles. The Morgan fingerprint density at radius 1 is 1.42 bits per heavy atom. The van der Waals surface area contributed by atoms with E-state index in [0.717, 1.165) is 5.56 Å². The van der Waals surface area contributed by atoms with Crippen molar-refractivity contribution in [1.82, 2.24) is 10.3 Å². The number of hydrogen-bond donors (Lipinski definition) is 3. The van der Waals surface area contributed by atoms with Crippen LogP contribution in [0.25, 0.3) is 0 Å². The van der Waals surface area contributed by atoms with Gasteiger partial charge < -0.3 is 21.2 Å². The van der Waals surface area contributed by atoms with Crippen LogP contribution < -0.4 is 16.8 Å². The van der Waals surface area contributed by atoms with Crippen molar-refractivity contribution in [2.24, 2.45) is 5.73 Å². The molecular formula is C13H16N4O2. The summed E-state index contributed by atoms with van der Waals surface area (Å²) in [5.74, 6) is 0.0464. The van der Waals surface area contributed by atoms with Crippen LogP contribution in [0.1, 0.15) is 34.9 Å². The molecule has 5 N–H and O–H groups in total. The van der Waals surface area contributed by atoms with Gasteiger partial charge in [-0.25, -0.2) is 4.98 Å². The van der Waals surface area contributed by atoms with E-state index < -0.39 is 0 Å². The van der Waals surface area contributed by atoms with Crippen LogP contribution in [0.15, 0.2) is 34.9 Å². The van der Waals surface area contributed by atoms with Crippen molar-refractivity contribution in [3.8, 4) is 0 Å². The molecule has 6 nitrogen and oxygen atoms in total. The summed E-state index contributed by atoms with van der Waals surface area (Å²) in [5.41, 5.74) is 13.1. The molecule has 0 fully saturated rings. The summed E-state index contributed by atoms with van der Waals surface area (Å²) < 4.78 is 5.10. The predicted molar refractivity (Wildman–Crippen MR) is 71.1 cm³/mol. The summed E-state index contributed by atoms with van der Waals surface area (Å²) in [5, 5.41) is 2.74. The third-order valence-electron chi connectivity index (χ3n) is 2.58. The molecule has 0 aliphatic carbocycles. The van der Waals surface area contributed by atoms with Crippen molar-refractivity contribution in [3.05, 3.63) is 47.7 Å². The van der Waals surface area contributed by atoms with Gasteiger partial charge in [-0.15, -0.1) is 0 Å². The topological polar surface area (TPSA) is 107 Å². The number of nitrogen functional groups attached to an aromatic ring is 1. The lowest BCUT2D eigenvalue weighted by Gasteiger charge is -2.03. The van der Waals surface area contributed by atoms with Crippen LogP contribution in [0.2, 0.25) is 0 Å². The van der Waals surface area contributed by atoms with E-state index >= 15 is 0 Å². The first-order chi connectivity index (χ1) is 9.06. The highest BCUT2D eigenvalue weighted by molar-refractivity contribution is 5.91. The van der Waals surface area contributed by atoms with Gasteiger partial charge in [0.1, 0.15) is 6.26 Å². The highest BCUT2D eigenvalue weighted by Gasteiger charge is 2.13. The molecule has 0 radical (unpaired) electrons. The molecule has 0 saturated carbocycles. The first-order valence-electron chi connectivity index (χ1n) is 5.90. The SMILES string of the molecule is CC(N)c1nc(C(=O)NCc2ccc(N)cc2)co1. The zero-order valence-electron chi connectivity index (χ0n) is 10.6. The van der Waals surface area contributed by atoms with Gasteiger partial charge in [0.15, 0.2) is 5.69 Å². The number of amides is 1. The Labute approximate surface area is 110 Å². The lowest BCUT2D eigenvalue weighted by atomic mass is 10.2. The van der Waals surface area contributed by atoms with Gasteiger partial charge in [-0.1, -0.05) is 12.1 Å². The van der Waals surface area contributed by atoms with Crippen LogP contribution in [0.5, 0.6) is 0 Å². The molecule has 0 aliphatic heterocycles. The first kappa shape index (κ1) is 13.1. The second kappa shape index (κ2) is 5.53. The minimum atomic E-state index is -0.335. The van der Waals surface area contributed by atoms with E-state index in [1.54, 1.807) is 19.1 Å². The van der Waals surface area contributed by atoms with Crippen molar-refractivity contribution in [2.75, 3.05) is 5.73 Å². The second-order valence-electron chi connectivity index (χ2n) is 4.28.